The molecule has 4 nitrogen and oxygen atoms in total. The Morgan fingerprint density at radius 1 is 1.18 bits per heavy atom. The summed E-state index contributed by atoms with van der Waals surface area (Å²) < 4.78 is 10.2. The average Bonchev–Trinajstić information content (AvgIpc) is 2.38. The zero-order valence-corrected chi connectivity index (χ0v) is 10.6. The fourth-order valence-corrected chi connectivity index (χ4v) is 1.53. The normalized spacial score (nSPS) is 14.4. The summed E-state index contributed by atoms with van der Waals surface area (Å²) in [5, 5.41) is 19.2. The number of aliphatic hydroxyl groups is 2. The van der Waals surface area contributed by atoms with Crippen LogP contribution < -0.4 is 4.74 Å². The van der Waals surface area contributed by atoms with Crippen molar-refractivity contribution in [2.75, 3.05) is 26.1 Å². The minimum Gasteiger partial charge on any atom is -0.491 e. The molecule has 5 heteroatoms. The van der Waals surface area contributed by atoms with E-state index in [0.29, 0.717) is 24.5 Å². The second-order valence-electron chi connectivity index (χ2n) is 3.61. The van der Waals surface area contributed by atoms with Crippen molar-refractivity contribution >= 4 is 12.6 Å². The van der Waals surface area contributed by atoms with Gasteiger partial charge in [0.05, 0.1) is 12.7 Å². The van der Waals surface area contributed by atoms with E-state index in [2.05, 4.69) is 12.6 Å². The zero-order chi connectivity index (χ0) is 12.7. The molecule has 1 rings (SSSR count). The van der Waals surface area contributed by atoms with E-state index >= 15 is 0 Å². The van der Waals surface area contributed by atoms with Gasteiger partial charge >= 0.3 is 0 Å². The van der Waals surface area contributed by atoms with E-state index in [4.69, 9.17) is 9.47 Å². The van der Waals surface area contributed by atoms with Gasteiger partial charge in [-0.05, 0) is 17.7 Å². The second kappa shape index (κ2) is 7.55. The molecular formula is C12H18O4S. The number of benzene rings is 1. The fraction of sp³-hybridized carbons (Fsp3) is 0.500. The lowest BCUT2D eigenvalue weighted by molar-refractivity contribution is 0.0337. The van der Waals surface area contributed by atoms with Crippen molar-refractivity contribution in [2.24, 2.45) is 0 Å². The standard InChI is InChI=1S/C12H18O4S/c1-15-6-7-16-10-4-2-9(3-5-10)12(14)11(13)8-17/h2-5,11-14,17H,6-8H2,1H3. The summed E-state index contributed by atoms with van der Waals surface area (Å²) in [5.74, 6) is 0.922. The molecule has 0 radical (unpaired) electrons. The number of hydrogen-bond donors (Lipinski definition) is 3. The number of hydrogen-bond acceptors (Lipinski definition) is 5. The van der Waals surface area contributed by atoms with Crippen LogP contribution in [-0.4, -0.2) is 42.4 Å². The highest BCUT2D eigenvalue weighted by atomic mass is 32.1. The largest absolute Gasteiger partial charge is 0.491 e. The van der Waals surface area contributed by atoms with Crippen molar-refractivity contribution in [3.05, 3.63) is 29.8 Å². The Bertz CT molecular complexity index is 315. The second-order valence-corrected chi connectivity index (χ2v) is 3.97. The number of ether oxygens (including phenoxy) is 2. The van der Waals surface area contributed by atoms with Gasteiger partial charge in [-0.15, -0.1) is 0 Å². The molecule has 1 aromatic rings. The van der Waals surface area contributed by atoms with Gasteiger partial charge in [0, 0.05) is 12.9 Å². The van der Waals surface area contributed by atoms with E-state index in [1.54, 1.807) is 31.4 Å². The lowest BCUT2D eigenvalue weighted by Gasteiger charge is -2.16. The van der Waals surface area contributed by atoms with Crippen LogP contribution >= 0.6 is 12.6 Å². The lowest BCUT2D eigenvalue weighted by atomic mass is 10.1. The first-order valence-corrected chi connectivity index (χ1v) is 6.01. The van der Waals surface area contributed by atoms with Gasteiger partial charge in [0.25, 0.3) is 0 Å². The van der Waals surface area contributed by atoms with E-state index in [0.717, 1.165) is 0 Å². The van der Waals surface area contributed by atoms with Gasteiger partial charge in [-0.25, -0.2) is 0 Å². The molecule has 0 saturated heterocycles. The van der Waals surface area contributed by atoms with Gasteiger partial charge in [0.1, 0.15) is 18.5 Å². The molecule has 0 aliphatic heterocycles. The van der Waals surface area contributed by atoms with Crippen LogP contribution in [0.2, 0.25) is 0 Å². The summed E-state index contributed by atoms with van der Waals surface area (Å²) in [6.45, 7) is 1.01. The van der Waals surface area contributed by atoms with Crippen molar-refractivity contribution in [3.8, 4) is 5.75 Å². The first-order chi connectivity index (χ1) is 8.19. The van der Waals surface area contributed by atoms with Crippen molar-refractivity contribution < 1.29 is 19.7 Å². The SMILES string of the molecule is COCCOc1ccc(C(O)C(O)CS)cc1. The van der Waals surface area contributed by atoms with Crippen LogP contribution in [0.3, 0.4) is 0 Å². The van der Waals surface area contributed by atoms with Crippen LogP contribution in [-0.2, 0) is 4.74 Å². The molecule has 0 amide bonds. The summed E-state index contributed by atoms with van der Waals surface area (Å²) in [6, 6.07) is 6.94. The number of rotatable bonds is 7. The summed E-state index contributed by atoms with van der Waals surface area (Å²) in [7, 11) is 1.61. The maximum atomic E-state index is 9.73. The quantitative estimate of drug-likeness (QED) is 0.505. The van der Waals surface area contributed by atoms with Crippen LogP contribution in [0.1, 0.15) is 11.7 Å². The van der Waals surface area contributed by atoms with Crippen LogP contribution in [0.4, 0.5) is 0 Å². The first-order valence-electron chi connectivity index (χ1n) is 5.37. The number of methoxy groups -OCH3 is 1. The van der Waals surface area contributed by atoms with Crippen LogP contribution in [0.5, 0.6) is 5.75 Å². The third-order valence-corrected chi connectivity index (χ3v) is 2.70. The third-order valence-electron chi connectivity index (χ3n) is 2.33. The highest BCUT2D eigenvalue weighted by Gasteiger charge is 2.16. The van der Waals surface area contributed by atoms with Crippen LogP contribution in [0.15, 0.2) is 24.3 Å². The predicted molar refractivity (Wildman–Crippen MR) is 68.6 cm³/mol. The summed E-state index contributed by atoms with van der Waals surface area (Å²) in [5.41, 5.74) is 0.644. The molecule has 0 aliphatic carbocycles. The molecule has 0 heterocycles. The Hall–Kier alpha value is -0.750. The minimum absolute atomic E-state index is 0.216. The van der Waals surface area contributed by atoms with Gasteiger partial charge in [-0.3, -0.25) is 0 Å². The van der Waals surface area contributed by atoms with Gasteiger partial charge in [-0.1, -0.05) is 12.1 Å². The Balaban J connectivity index is 2.55. The molecule has 17 heavy (non-hydrogen) atoms. The predicted octanol–water partition coefficient (Wildman–Crippen LogP) is 1.04. The molecular weight excluding hydrogens is 240 g/mol. The number of thiol groups is 1. The monoisotopic (exact) mass is 258 g/mol. The Morgan fingerprint density at radius 2 is 1.82 bits per heavy atom. The molecule has 2 N–H and O–H groups in total. The fourth-order valence-electron chi connectivity index (χ4n) is 1.33. The Labute approximate surface area is 107 Å². The summed E-state index contributed by atoms with van der Waals surface area (Å²) in [4.78, 5) is 0. The summed E-state index contributed by atoms with van der Waals surface area (Å²) >= 11 is 3.93. The molecule has 96 valence electrons. The molecule has 0 saturated carbocycles. The van der Waals surface area contributed by atoms with Crippen molar-refractivity contribution in [1.29, 1.82) is 0 Å². The third kappa shape index (κ3) is 4.55. The molecule has 0 fully saturated rings. The van der Waals surface area contributed by atoms with E-state index < -0.39 is 12.2 Å². The average molecular weight is 258 g/mol. The Kier molecular flexibility index (Phi) is 6.36. The summed E-state index contributed by atoms with van der Waals surface area (Å²) in [6.07, 6.45) is -1.78. The highest BCUT2D eigenvalue weighted by molar-refractivity contribution is 7.80. The van der Waals surface area contributed by atoms with Crippen molar-refractivity contribution in [1.82, 2.24) is 0 Å². The van der Waals surface area contributed by atoms with Crippen LogP contribution in [0.25, 0.3) is 0 Å². The number of aliphatic hydroxyl groups excluding tert-OH is 2. The molecule has 0 aromatic heterocycles. The van der Waals surface area contributed by atoms with E-state index in [1.165, 1.54) is 0 Å². The zero-order valence-electron chi connectivity index (χ0n) is 9.74. The maximum Gasteiger partial charge on any atom is 0.119 e. The van der Waals surface area contributed by atoms with Gasteiger partial charge in [0.15, 0.2) is 0 Å². The molecule has 2 unspecified atom stereocenters. The van der Waals surface area contributed by atoms with E-state index in [-0.39, 0.29) is 5.75 Å². The van der Waals surface area contributed by atoms with Gasteiger partial charge in [0.2, 0.25) is 0 Å². The molecule has 1 aromatic carbocycles. The van der Waals surface area contributed by atoms with Gasteiger partial charge < -0.3 is 19.7 Å². The van der Waals surface area contributed by atoms with Crippen LogP contribution in [0, 0.1) is 0 Å². The topological polar surface area (TPSA) is 58.9 Å². The van der Waals surface area contributed by atoms with Crippen molar-refractivity contribution in [3.63, 3.8) is 0 Å². The molecule has 0 aliphatic rings. The Morgan fingerprint density at radius 3 is 2.35 bits per heavy atom. The van der Waals surface area contributed by atoms with Crippen molar-refractivity contribution in [2.45, 2.75) is 12.2 Å². The lowest BCUT2D eigenvalue weighted by Crippen LogP contribution is -2.19. The molecule has 0 spiro atoms. The van der Waals surface area contributed by atoms with E-state index in [1.807, 2.05) is 0 Å². The molecule has 0 bridgehead atoms. The van der Waals surface area contributed by atoms with E-state index in [9.17, 15) is 10.2 Å². The first kappa shape index (κ1) is 14.3. The van der Waals surface area contributed by atoms with Gasteiger partial charge in [-0.2, -0.15) is 12.6 Å². The smallest absolute Gasteiger partial charge is 0.119 e. The highest BCUT2D eigenvalue weighted by Crippen LogP contribution is 2.20. The molecule has 2 atom stereocenters. The maximum absolute atomic E-state index is 9.73. The minimum atomic E-state index is -0.916.